The Morgan fingerprint density at radius 2 is 2.00 bits per heavy atom. The zero-order chi connectivity index (χ0) is 18.8. The van der Waals surface area contributed by atoms with Crippen molar-refractivity contribution in [1.82, 2.24) is 24.8 Å². The molecule has 140 valence electrons. The third kappa shape index (κ3) is 3.41. The summed E-state index contributed by atoms with van der Waals surface area (Å²) < 4.78 is 0. The van der Waals surface area contributed by atoms with Gasteiger partial charge in [-0.2, -0.15) is 0 Å². The molecule has 27 heavy (non-hydrogen) atoms. The summed E-state index contributed by atoms with van der Waals surface area (Å²) in [6.45, 7) is 3.92. The maximum absolute atomic E-state index is 13.0. The van der Waals surface area contributed by atoms with E-state index in [1.54, 1.807) is 29.7 Å². The molecule has 2 atom stereocenters. The molecule has 7 nitrogen and oxygen atoms in total. The number of nitrogens with zero attached hydrogens (tertiary/aromatic N) is 5. The number of rotatable bonds is 4. The summed E-state index contributed by atoms with van der Waals surface area (Å²) in [5.74, 6) is 0.553. The van der Waals surface area contributed by atoms with Crippen molar-refractivity contribution in [3.8, 4) is 11.4 Å². The van der Waals surface area contributed by atoms with Gasteiger partial charge in [-0.25, -0.2) is 9.97 Å². The van der Waals surface area contributed by atoms with Gasteiger partial charge in [0, 0.05) is 56.0 Å². The number of carbonyl (C=O) groups is 2. The molecule has 5 heterocycles. The van der Waals surface area contributed by atoms with Crippen LogP contribution in [-0.2, 0) is 4.79 Å². The Morgan fingerprint density at radius 1 is 1.19 bits per heavy atom. The third-order valence-corrected chi connectivity index (χ3v) is 5.36. The van der Waals surface area contributed by atoms with E-state index in [9.17, 15) is 9.59 Å². The van der Waals surface area contributed by atoms with Crippen LogP contribution in [0.15, 0.2) is 36.9 Å². The zero-order valence-electron chi connectivity index (χ0n) is 15.4. The Bertz CT molecular complexity index is 824. The van der Waals surface area contributed by atoms with E-state index in [4.69, 9.17) is 0 Å². The molecule has 0 aromatic carbocycles. The first kappa shape index (κ1) is 17.6. The van der Waals surface area contributed by atoms with Gasteiger partial charge in [0.25, 0.3) is 5.91 Å². The maximum atomic E-state index is 13.0. The molecule has 0 aliphatic carbocycles. The molecule has 7 heteroatoms. The lowest BCUT2D eigenvalue weighted by molar-refractivity contribution is -0.139. The van der Waals surface area contributed by atoms with Gasteiger partial charge >= 0.3 is 0 Å². The number of fused-ring (bicyclic) bond motifs is 4. The normalized spacial score (nSPS) is 22.0. The SMILES string of the molecule is CCCN1C(=O)[C@@H]2CC[C@H]1CN(C(=O)c1cnc(-c3cccnc3)nc1)C2. The van der Waals surface area contributed by atoms with Crippen LogP contribution in [0.4, 0.5) is 0 Å². The summed E-state index contributed by atoms with van der Waals surface area (Å²) in [4.78, 5) is 42.1. The van der Waals surface area contributed by atoms with Gasteiger partial charge in [0.1, 0.15) is 0 Å². The van der Waals surface area contributed by atoms with E-state index in [-0.39, 0.29) is 23.8 Å². The minimum atomic E-state index is -0.101. The monoisotopic (exact) mass is 365 g/mol. The van der Waals surface area contributed by atoms with Crippen LogP contribution in [0.1, 0.15) is 36.5 Å². The highest BCUT2D eigenvalue weighted by molar-refractivity contribution is 5.94. The van der Waals surface area contributed by atoms with Gasteiger partial charge in [0.05, 0.1) is 11.5 Å². The quantitative estimate of drug-likeness (QED) is 0.828. The van der Waals surface area contributed by atoms with E-state index in [2.05, 4.69) is 21.9 Å². The third-order valence-electron chi connectivity index (χ3n) is 5.36. The first-order valence-electron chi connectivity index (χ1n) is 9.49. The number of pyridine rings is 1. The molecule has 5 rings (SSSR count). The number of amides is 2. The van der Waals surface area contributed by atoms with Crippen LogP contribution in [0.3, 0.4) is 0 Å². The van der Waals surface area contributed by atoms with Gasteiger partial charge in [0.15, 0.2) is 5.82 Å². The van der Waals surface area contributed by atoms with Crippen molar-refractivity contribution in [2.45, 2.75) is 32.2 Å². The second kappa shape index (κ2) is 7.42. The second-order valence-electron chi connectivity index (χ2n) is 7.21. The van der Waals surface area contributed by atoms with Gasteiger partial charge in [-0.3, -0.25) is 14.6 Å². The van der Waals surface area contributed by atoms with Gasteiger partial charge in [0.2, 0.25) is 5.91 Å². The first-order valence-corrected chi connectivity index (χ1v) is 9.49. The average Bonchev–Trinajstić information content (AvgIpc) is 3.01. The average molecular weight is 365 g/mol. The Balaban J connectivity index is 1.52. The molecule has 0 saturated carbocycles. The van der Waals surface area contributed by atoms with Crippen LogP contribution in [0.25, 0.3) is 11.4 Å². The smallest absolute Gasteiger partial charge is 0.257 e. The molecule has 0 radical (unpaired) electrons. The largest absolute Gasteiger partial charge is 0.338 e. The fraction of sp³-hybridized carbons (Fsp3) is 0.450. The minimum absolute atomic E-state index is 0.0881. The van der Waals surface area contributed by atoms with Crippen molar-refractivity contribution in [2.24, 2.45) is 5.92 Å². The first-order chi connectivity index (χ1) is 13.2. The Morgan fingerprint density at radius 3 is 2.70 bits per heavy atom. The maximum Gasteiger partial charge on any atom is 0.257 e. The Hall–Kier alpha value is -2.83. The van der Waals surface area contributed by atoms with Crippen molar-refractivity contribution in [1.29, 1.82) is 0 Å². The molecule has 3 aliphatic heterocycles. The van der Waals surface area contributed by atoms with E-state index in [1.807, 2.05) is 17.0 Å². The van der Waals surface area contributed by atoms with Gasteiger partial charge in [-0.15, -0.1) is 0 Å². The van der Waals surface area contributed by atoms with Crippen LogP contribution in [0.2, 0.25) is 0 Å². The summed E-state index contributed by atoms with van der Waals surface area (Å²) in [6.07, 6.45) is 9.29. The Labute approximate surface area is 158 Å². The summed E-state index contributed by atoms with van der Waals surface area (Å²) in [5, 5.41) is 0. The van der Waals surface area contributed by atoms with Crippen molar-refractivity contribution in [2.75, 3.05) is 19.6 Å². The standard InChI is InChI=1S/C20H23N5O2/c1-2-8-25-17-6-5-15(20(25)27)12-24(13-17)19(26)16-10-22-18(23-11-16)14-4-3-7-21-9-14/h3-4,7,9-11,15,17H,2,5-6,8,12-13H2,1H3/t15-,17+/m1/s1. The molecule has 2 aromatic heterocycles. The van der Waals surface area contributed by atoms with Crippen LogP contribution in [0, 0.1) is 5.92 Å². The molecule has 2 bridgehead atoms. The van der Waals surface area contributed by atoms with Crippen LogP contribution in [0.5, 0.6) is 0 Å². The highest BCUT2D eigenvalue weighted by atomic mass is 16.2. The highest BCUT2D eigenvalue weighted by Crippen LogP contribution is 2.30. The lowest BCUT2D eigenvalue weighted by Crippen LogP contribution is -2.48. The molecule has 0 N–H and O–H groups in total. The predicted octanol–water partition coefficient (Wildman–Crippen LogP) is 2.01. The van der Waals surface area contributed by atoms with E-state index in [1.165, 1.54) is 0 Å². The molecule has 0 unspecified atom stereocenters. The summed E-state index contributed by atoms with van der Waals surface area (Å²) in [7, 11) is 0. The van der Waals surface area contributed by atoms with Crippen LogP contribution in [-0.4, -0.2) is 62.2 Å². The highest BCUT2D eigenvalue weighted by Gasteiger charge is 2.41. The second-order valence-corrected chi connectivity index (χ2v) is 7.21. The lowest BCUT2D eigenvalue weighted by atomic mass is 9.94. The van der Waals surface area contributed by atoms with Crippen molar-refractivity contribution >= 4 is 11.8 Å². The number of aromatic nitrogens is 3. The van der Waals surface area contributed by atoms with E-state index >= 15 is 0 Å². The van der Waals surface area contributed by atoms with Gasteiger partial charge < -0.3 is 9.80 Å². The number of piperidine rings is 1. The van der Waals surface area contributed by atoms with E-state index in [0.29, 0.717) is 24.5 Å². The molecule has 3 saturated heterocycles. The lowest BCUT2D eigenvalue weighted by Gasteiger charge is -2.35. The number of hydrogen-bond acceptors (Lipinski definition) is 5. The molecule has 2 amide bonds. The number of carbonyl (C=O) groups excluding carboxylic acids is 2. The summed E-state index contributed by atoms with van der Waals surface area (Å²) in [6, 6.07) is 3.82. The fourth-order valence-electron chi connectivity index (χ4n) is 4.01. The van der Waals surface area contributed by atoms with Gasteiger partial charge in [-0.1, -0.05) is 6.92 Å². The molecule has 3 fully saturated rings. The molecular weight excluding hydrogens is 342 g/mol. The van der Waals surface area contributed by atoms with Crippen LogP contribution < -0.4 is 0 Å². The minimum Gasteiger partial charge on any atom is -0.338 e. The van der Waals surface area contributed by atoms with Crippen molar-refractivity contribution < 1.29 is 9.59 Å². The van der Waals surface area contributed by atoms with Crippen molar-refractivity contribution in [3.63, 3.8) is 0 Å². The number of hydrogen-bond donors (Lipinski definition) is 0. The molecular formula is C20H23N5O2. The summed E-state index contributed by atoms with van der Waals surface area (Å²) >= 11 is 0. The van der Waals surface area contributed by atoms with E-state index < -0.39 is 0 Å². The van der Waals surface area contributed by atoms with E-state index in [0.717, 1.165) is 31.4 Å². The fourth-order valence-corrected chi connectivity index (χ4v) is 4.01. The van der Waals surface area contributed by atoms with Gasteiger partial charge in [-0.05, 0) is 31.4 Å². The molecule has 0 spiro atoms. The summed E-state index contributed by atoms with van der Waals surface area (Å²) in [5.41, 5.74) is 1.27. The molecule has 3 aliphatic rings. The van der Waals surface area contributed by atoms with Crippen molar-refractivity contribution in [3.05, 3.63) is 42.5 Å². The zero-order valence-corrected chi connectivity index (χ0v) is 15.4. The van der Waals surface area contributed by atoms with Crippen LogP contribution >= 0.6 is 0 Å². The molecule has 2 aromatic rings. The Kier molecular flexibility index (Phi) is 4.83. The topological polar surface area (TPSA) is 79.3 Å². The predicted molar refractivity (Wildman–Crippen MR) is 99.7 cm³/mol.